The van der Waals surface area contributed by atoms with Gasteiger partial charge in [0.2, 0.25) is 5.88 Å². The third-order valence-electron chi connectivity index (χ3n) is 1.95. The molecule has 1 aromatic heterocycles. The van der Waals surface area contributed by atoms with Gasteiger partial charge < -0.3 is 4.74 Å². The fraction of sp³-hybridized carbons (Fsp3) is 0.444. The van der Waals surface area contributed by atoms with Crippen LogP contribution in [0.4, 0.5) is 4.39 Å². The summed E-state index contributed by atoms with van der Waals surface area (Å²) in [5.41, 5.74) is 0. The van der Waals surface area contributed by atoms with E-state index in [2.05, 4.69) is 20.9 Å². The summed E-state index contributed by atoms with van der Waals surface area (Å²) < 4.78 is 18.5. The van der Waals surface area contributed by atoms with E-state index in [0.29, 0.717) is 22.9 Å². The zero-order valence-electron chi connectivity index (χ0n) is 6.96. The van der Waals surface area contributed by atoms with Gasteiger partial charge in [-0.1, -0.05) is 0 Å². The molecule has 0 radical (unpaired) electrons. The van der Waals surface area contributed by atoms with Gasteiger partial charge in [0.15, 0.2) is 5.82 Å². The second-order valence-electron chi connectivity index (χ2n) is 3.19. The highest BCUT2D eigenvalue weighted by Crippen LogP contribution is 2.29. The predicted octanol–water partition coefficient (Wildman–Crippen LogP) is 2.77. The molecule has 1 aliphatic rings. The van der Waals surface area contributed by atoms with Crippen molar-refractivity contribution in [3.05, 3.63) is 22.6 Å². The minimum absolute atomic E-state index is 0.362. The number of rotatable bonds is 3. The van der Waals surface area contributed by atoms with Crippen LogP contribution in [-0.2, 0) is 0 Å². The van der Waals surface area contributed by atoms with Gasteiger partial charge >= 0.3 is 0 Å². The molecule has 70 valence electrons. The standard InChI is InChI=1S/C9H9BrFNO/c10-7-3-9(12-4-8(7)11)13-5-6-1-2-6/h3-4,6H,1-2,5H2. The normalized spacial score (nSPS) is 15.8. The summed E-state index contributed by atoms with van der Waals surface area (Å²) in [5, 5.41) is 0. The molecule has 0 amide bonds. The highest BCUT2D eigenvalue weighted by molar-refractivity contribution is 9.10. The molecule has 0 aromatic carbocycles. The third kappa shape index (κ3) is 2.40. The summed E-state index contributed by atoms with van der Waals surface area (Å²) in [7, 11) is 0. The second-order valence-corrected chi connectivity index (χ2v) is 4.05. The Labute approximate surface area is 84.3 Å². The predicted molar refractivity (Wildman–Crippen MR) is 50.1 cm³/mol. The van der Waals surface area contributed by atoms with Crippen LogP contribution in [0.25, 0.3) is 0 Å². The Morgan fingerprint density at radius 3 is 3.00 bits per heavy atom. The first kappa shape index (κ1) is 8.94. The number of pyridine rings is 1. The summed E-state index contributed by atoms with van der Waals surface area (Å²) >= 11 is 3.07. The molecule has 1 aliphatic carbocycles. The number of nitrogens with zero attached hydrogens (tertiary/aromatic N) is 1. The van der Waals surface area contributed by atoms with Gasteiger partial charge in [0.1, 0.15) is 0 Å². The molecule has 1 fully saturated rings. The molecule has 0 unspecified atom stereocenters. The maximum Gasteiger partial charge on any atom is 0.214 e. The van der Waals surface area contributed by atoms with E-state index < -0.39 is 0 Å². The minimum Gasteiger partial charge on any atom is -0.477 e. The molecule has 13 heavy (non-hydrogen) atoms. The molecule has 2 nitrogen and oxygen atoms in total. The molecule has 0 bridgehead atoms. The minimum atomic E-state index is -0.362. The van der Waals surface area contributed by atoms with E-state index in [-0.39, 0.29) is 5.82 Å². The fourth-order valence-electron chi connectivity index (χ4n) is 0.963. The summed E-state index contributed by atoms with van der Waals surface area (Å²) in [5.74, 6) is 0.810. The van der Waals surface area contributed by atoms with Crippen LogP contribution in [0.3, 0.4) is 0 Å². The zero-order valence-corrected chi connectivity index (χ0v) is 8.55. The first-order chi connectivity index (χ1) is 6.25. The molecule has 2 rings (SSSR count). The number of ether oxygens (including phenoxy) is 1. The molecule has 0 spiro atoms. The van der Waals surface area contributed by atoms with Crippen molar-refractivity contribution in [1.82, 2.24) is 4.98 Å². The maximum absolute atomic E-state index is 12.7. The highest BCUT2D eigenvalue weighted by Gasteiger charge is 2.22. The van der Waals surface area contributed by atoms with Crippen LogP contribution in [0, 0.1) is 11.7 Å². The smallest absolute Gasteiger partial charge is 0.214 e. The third-order valence-corrected chi connectivity index (χ3v) is 2.56. The lowest BCUT2D eigenvalue weighted by molar-refractivity contribution is 0.287. The number of aromatic nitrogens is 1. The first-order valence-corrected chi connectivity index (χ1v) is 4.99. The van der Waals surface area contributed by atoms with Gasteiger partial charge in [-0.3, -0.25) is 0 Å². The van der Waals surface area contributed by atoms with Crippen molar-refractivity contribution in [2.24, 2.45) is 5.92 Å². The Hall–Kier alpha value is -0.640. The van der Waals surface area contributed by atoms with Crippen molar-refractivity contribution in [1.29, 1.82) is 0 Å². The van der Waals surface area contributed by atoms with Crippen LogP contribution < -0.4 is 4.74 Å². The molecule has 1 saturated carbocycles. The van der Waals surface area contributed by atoms with Gasteiger partial charge in [-0.25, -0.2) is 9.37 Å². The van der Waals surface area contributed by atoms with Crippen molar-refractivity contribution in [2.75, 3.05) is 6.61 Å². The second kappa shape index (κ2) is 3.62. The largest absolute Gasteiger partial charge is 0.477 e. The Balaban J connectivity index is 1.98. The van der Waals surface area contributed by atoms with E-state index in [1.54, 1.807) is 6.07 Å². The van der Waals surface area contributed by atoms with Crippen LogP contribution in [0.1, 0.15) is 12.8 Å². The van der Waals surface area contributed by atoms with Crippen molar-refractivity contribution < 1.29 is 9.13 Å². The Kier molecular flexibility index (Phi) is 2.49. The van der Waals surface area contributed by atoms with Crippen LogP contribution in [0.15, 0.2) is 16.7 Å². The van der Waals surface area contributed by atoms with Crippen molar-refractivity contribution >= 4 is 15.9 Å². The van der Waals surface area contributed by atoms with E-state index in [0.717, 1.165) is 6.20 Å². The Bertz CT molecular complexity index is 314. The van der Waals surface area contributed by atoms with Crippen LogP contribution >= 0.6 is 15.9 Å². The Morgan fingerprint density at radius 1 is 1.62 bits per heavy atom. The fourth-order valence-corrected chi connectivity index (χ4v) is 1.26. The quantitative estimate of drug-likeness (QED) is 0.818. The van der Waals surface area contributed by atoms with Gasteiger partial charge in [-0.05, 0) is 34.7 Å². The van der Waals surface area contributed by atoms with Gasteiger partial charge in [-0.15, -0.1) is 0 Å². The van der Waals surface area contributed by atoms with Gasteiger partial charge in [-0.2, -0.15) is 0 Å². The van der Waals surface area contributed by atoms with E-state index in [1.165, 1.54) is 12.8 Å². The number of hydrogen-bond acceptors (Lipinski definition) is 2. The molecule has 0 saturated heterocycles. The molecule has 0 N–H and O–H groups in total. The Morgan fingerprint density at radius 2 is 2.38 bits per heavy atom. The number of hydrogen-bond donors (Lipinski definition) is 0. The van der Waals surface area contributed by atoms with Crippen LogP contribution in [0.2, 0.25) is 0 Å². The average molecular weight is 246 g/mol. The van der Waals surface area contributed by atoms with Crippen molar-refractivity contribution in [3.8, 4) is 5.88 Å². The van der Waals surface area contributed by atoms with E-state index in [9.17, 15) is 4.39 Å². The molecular formula is C9H9BrFNO. The van der Waals surface area contributed by atoms with Gasteiger partial charge in [0.05, 0.1) is 17.3 Å². The van der Waals surface area contributed by atoms with Gasteiger partial charge in [0, 0.05) is 6.07 Å². The summed E-state index contributed by atoms with van der Waals surface area (Å²) in [6.07, 6.45) is 3.64. The lowest BCUT2D eigenvalue weighted by Gasteiger charge is -2.03. The molecule has 1 aromatic rings. The topological polar surface area (TPSA) is 22.1 Å². The summed E-state index contributed by atoms with van der Waals surface area (Å²) in [6.45, 7) is 0.699. The molecule has 0 atom stereocenters. The summed E-state index contributed by atoms with van der Waals surface area (Å²) in [6, 6.07) is 1.55. The molecule has 1 heterocycles. The molecule has 0 aliphatic heterocycles. The van der Waals surface area contributed by atoms with E-state index in [1.807, 2.05) is 0 Å². The molecule has 4 heteroatoms. The van der Waals surface area contributed by atoms with E-state index >= 15 is 0 Å². The molecular weight excluding hydrogens is 237 g/mol. The van der Waals surface area contributed by atoms with E-state index in [4.69, 9.17) is 4.74 Å². The lowest BCUT2D eigenvalue weighted by Crippen LogP contribution is -2.00. The van der Waals surface area contributed by atoms with Crippen molar-refractivity contribution in [2.45, 2.75) is 12.8 Å². The van der Waals surface area contributed by atoms with Crippen LogP contribution in [-0.4, -0.2) is 11.6 Å². The lowest BCUT2D eigenvalue weighted by atomic mass is 10.4. The first-order valence-electron chi connectivity index (χ1n) is 4.19. The summed E-state index contributed by atoms with van der Waals surface area (Å²) in [4.78, 5) is 3.81. The van der Waals surface area contributed by atoms with Crippen LogP contribution in [0.5, 0.6) is 5.88 Å². The average Bonchev–Trinajstić information content (AvgIpc) is 2.91. The monoisotopic (exact) mass is 245 g/mol. The number of halogens is 2. The zero-order chi connectivity index (χ0) is 9.26. The SMILES string of the molecule is Fc1cnc(OCC2CC2)cc1Br. The van der Waals surface area contributed by atoms with Gasteiger partial charge in [0.25, 0.3) is 0 Å². The highest BCUT2D eigenvalue weighted by atomic mass is 79.9. The maximum atomic E-state index is 12.7. The van der Waals surface area contributed by atoms with Crippen molar-refractivity contribution in [3.63, 3.8) is 0 Å².